The van der Waals surface area contributed by atoms with Gasteiger partial charge in [-0.05, 0) is 52.9 Å². The molecule has 0 radical (unpaired) electrons. The maximum atomic E-state index is 13.0. The highest BCUT2D eigenvalue weighted by molar-refractivity contribution is 5.90. The molecule has 0 aromatic heterocycles. The van der Waals surface area contributed by atoms with Gasteiger partial charge < -0.3 is 9.80 Å². The van der Waals surface area contributed by atoms with Crippen molar-refractivity contribution in [3.63, 3.8) is 0 Å². The van der Waals surface area contributed by atoms with Crippen LogP contribution < -0.4 is 0 Å². The van der Waals surface area contributed by atoms with E-state index in [0.29, 0.717) is 0 Å². The largest absolute Gasteiger partial charge is 0.343 e. The summed E-state index contributed by atoms with van der Waals surface area (Å²) in [5.41, 5.74) is 1.30. The molecule has 4 heteroatoms. The summed E-state index contributed by atoms with van der Waals surface area (Å²) in [4.78, 5) is 29.7. The molecule has 4 unspecified atom stereocenters. The van der Waals surface area contributed by atoms with Crippen LogP contribution in [-0.4, -0.2) is 47.8 Å². The Morgan fingerprint density at radius 3 is 1.86 bits per heavy atom. The lowest BCUT2D eigenvalue weighted by molar-refractivity contribution is -0.146. The van der Waals surface area contributed by atoms with Gasteiger partial charge in [0.15, 0.2) is 0 Å². The highest BCUT2D eigenvalue weighted by Gasteiger charge is 2.54. The van der Waals surface area contributed by atoms with Crippen molar-refractivity contribution in [3.05, 3.63) is 11.6 Å². The fourth-order valence-corrected chi connectivity index (χ4v) is 4.36. The number of carbonyl (C=O) groups excluding carboxylic acids is 2. The topological polar surface area (TPSA) is 40.6 Å². The van der Waals surface area contributed by atoms with E-state index in [1.807, 2.05) is 37.5 Å². The molecule has 2 aliphatic carbocycles. The summed E-state index contributed by atoms with van der Waals surface area (Å²) in [6.45, 7) is 13.0. The maximum Gasteiger partial charge on any atom is 0.227 e. The van der Waals surface area contributed by atoms with Crippen LogP contribution in [-0.2, 0) is 9.59 Å². The molecule has 0 aromatic rings. The van der Waals surface area contributed by atoms with Gasteiger partial charge in [-0.1, -0.05) is 11.6 Å². The average Bonchev–Trinajstić information content (AvgIpc) is 3.05. The molecule has 0 heterocycles. The van der Waals surface area contributed by atoms with Crippen molar-refractivity contribution in [1.82, 2.24) is 9.80 Å². The lowest BCUT2D eigenvalue weighted by Gasteiger charge is -2.35. The van der Waals surface area contributed by atoms with Gasteiger partial charge in [0.2, 0.25) is 11.8 Å². The Morgan fingerprint density at radius 1 is 0.955 bits per heavy atom. The van der Waals surface area contributed by atoms with Gasteiger partial charge in [0, 0.05) is 26.2 Å². The van der Waals surface area contributed by atoms with Gasteiger partial charge in [0.25, 0.3) is 0 Å². The first kappa shape index (κ1) is 17.0. The zero-order valence-corrected chi connectivity index (χ0v) is 14.6. The van der Waals surface area contributed by atoms with E-state index in [2.05, 4.69) is 13.0 Å². The van der Waals surface area contributed by atoms with E-state index in [4.69, 9.17) is 0 Å². The van der Waals surface area contributed by atoms with Crippen LogP contribution in [0.15, 0.2) is 11.6 Å². The molecule has 2 rings (SSSR count). The summed E-state index contributed by atoms with van der Waals surface area (Å²) in [7, 11) is 0. The molecule has 2 amide bonds. The molecule has 1 fully saturated rings. The van der Waals surface area contributed by atoms with Gasteiger partial charge in [-0.25, -0.2) is 0 Å². The Morgan fingerprint density at radius 2 is 1.41 bits per heavy atom. The van der Waals surface area contributed by atoms with Crippen molar-refractivity contribution in [3.8, 4) is 0 Å². The monoisotopic (exact) mass is 306 g/mol. The standard InChI is InChI=1S/C18H30N2O2/c1-6-19(7-2)17(21)15-13-10-12(5)14(11-13)16(15)18(22)20(8-3)9-4/h10,13-16H,6-9,11H2,1-5H3. The van der Waals surface area contributed by atoms with Crippen molar-refractivity contribution in [1.29, 1.82) is 0 Å². The molecule has 0 N–H and O–H groups in total. The first-order valence-corrected chi connectivity index (χ1v) is 8.75. The van der Waals surface area contributed by atoms with Crippen LogP contribution in [0, 0.1) is 23.7 Å². The number of carbonyl (C=O) groups is 2. The van der Waals surface area contributed by atoms with Gasteiger partial charge in [-0.15, -0.1) is 0 Å². The van der Waals surface area contributed by atoms with E-state index in [-0.39, 0.29) is 35.5 Å². The molecule has 0 aromatic carbocycles. The highest BCUT2D eigenvalue weighted by atomic mass is 16.2. The molecular formula is C18H30N2O2. The van der Waals surface area contributed by atoms with Crippen molar-refractivity contribution >= 4 is 11.8 Å². The van der Waals surface area contributed by atoms with Crippen molar-refractivity contribution < 1.29 is 9.59 Å². The zero-order chi connectivity index (χ0) is 16.4. The Hall–Kier alpha value is -1.32. The quantitative estimate of drug-likeness (QED) is 0.708. The molecule has 22 heavy (non-hydrogen) atoms. The molecule has 2 aliphatic rings. The minimum atomic E-state index is -0.151. The number of amides is 2. The van der Waals surface area contributed by atoms with Crippen LogP contribution in [0.4, 0.5) is 0 Å². The normalized spacial score (nSPS) is 29.4. The summed E-state index contributed by atoms with van der Waals surface area (Å²) in [6, 6.07) is 0. The fraction of sp³-hybridized carbons (Fsp3) is 0.778. The van der Waals surface area contributed by atoms with E-state index in [9.17, 15) is 9.59 Å². The average molecular weight is 306 g/mol. The SMILES string of the molecule is CCN(CC)C(=O)C1C2C=C(C)C(C2)C1C(=O)N(CC)CC. The maximum absolute atomic E-state index is 13.0. The fourth-order valence-electron chi connectivity index (χ4n) is 4.36. The van der Waals surface area contributed by atoms with Crippen molar-refractivity contribution in [2.45, 2.75) is 41.0 Å². The summed E-state index contributed by atoms with van der Waals surface area (Å²) in [6.07, 6.45) is 3.21. The van der Waals surface area contributed by atoms with Crippen LogP contribution in [0.3, 0.4) is 0 Å². The molecule has 2 bridgehead atoms. The predicted octanol–water partition coefficient (Wildman–Crippen LogP) is 2.55. The van der Waals surface area contributed by atoms with E-state index < -0.39 is 0 Å². The minimum Gasteiger partial charge on any atom is -0.343 e. The highest BCUT2D eigenvalue weighted by Crippen LogP contribution is 2.52. The van der Waals surface area contributed by atoms with Crippen molar-refractivity contribution in [2.75, 3.05) is 26.2 Å². The van der Waals surface area contributed by atoms with Gasteiger partial charge in [0.1, 0.15) is 0 Å². The van der Waals surface area contributed by atoms with E-state index in [0.717, 1.165) is 32.6 Å². The number of fused-ring (bicyclic) bond motifs is 2. The van der Waals surface area contributed by atoms with E-state index in [1.54, 1.807) is 0 Å². The number of hydrogen-bond donors (Lipinski definition) is 0. The second-order valence-corrected chi connectivity index (χ2v) is 6.49. The first-order chi connectivity index (χ1) is 10.5. The van der Waals surface area contributed by atoms with Crippen LogP contribution >= 0.6 is 0 Å². The molecule has 4 atom stereocenters. The van der Waals surface area contributed by atoms with Gasteiger partial charge in [0.05, 0.1) is 11.8 Å². The van der Waals surface area contributed by atoms with E-state index >= 15 is 0 Å². The molecule has 124 valence electrons. The number of allylic oxidation sites excluding steroid dienone is 2. The second kappa shape index (κ2) is 6.84. The third-order valence-corrected chi connectivity index (χ3v) is 5.59. The second-order valence-electron chi connectivity index (χ2n) is 6.49. The minimum absolute atomic E-state index is 0.150. The summed E-state index contributed by atoms with van der Waals surface area (Å²) in [5.74, 6) is 0.567. The summed E-state index contributed by atoms with van der Waals surface area (Å²) < 4.78 is 0. The van der Waals surface area contributed by atoms with Crippen LogP contribution in [0.25, 0.3) is 0 Å². The lowest BCUT2D eigenvalue weighted by Crippen LogP contribution is -2.47. The Bertz CT molecular complexity index is 464. The van der Waals surface area contributed by atoms with Gasteiger partial charge in [-0.2, -0.15) is 0 Å². The number of nitrogens with zero attached hydrogens (tertiary/aromatic N) is 2. The molecule has 1 saturated carbocycles. The van der Waals surface area contributed by atoms with Crippen LogP contribution in [0.2, 0.25) is 0 Å². The lowest BCUT2D eigenvalue weighted by atomic mass is 9.78. The van der Waals surface area contributed by atoms with Gasteiger partial charge >= 0.3 is 0 Å². The van der Waals surface area contributed by atoms with Crippen molar-refractivity contribution in [2.24, 2.45) is 23.7 Å². The molecule has 0 saturated heterocycles. The summed E-state index contributed by atoms with van der Waals surface area (Å²) in [5, 5.41) is 0. The smallest absolute Gasteiger partial charge is 0.227 e. The number of rotatable bonds is 6. The third kappa shape index (κ3) is 2.68. The van der Waals surface area contributed by atoms with Crippen LogP contribution in [0.5, 0.6) is 0 Å². The Labute approximate surface area is 134 Å². The first-order valence-electron chi connectivity index (χ1n) is 8.75. The number of hydrogen-bond acceptors (Lipinski definition) is 2. The predicted molar refractivity (Wildman–Crippen MR) is 88.2 cm³/mol. The third-order valence-electron chi connectivity index (χ3n) is 5.59. The van der Waals surface area contributed by atoms with Gasteiger partial charge in [-0.3, -0.25) is 9.59 Å². The molecule has 0 aliphatic heterocycles. The van der Waals surface area contributed by atoms with E-state index in [1.165, 1.54) is 5.57 Å². The Balaban J connectivity index is 2.30. The van der Waals surface area contributed by atoms with Crippen LogP contribution in [0.1, 0.15) is 41.0 Å². The molecule has 0 spiro atoms. The molecule has 4 nitrogen and oxygen atoms in total. The zero-order valence-electron chi connectivity index (χ0n) is 14.6. The summed E-state index contributed by atoms with van der Waals surface area (Å²) >= 11 is 0. The molecular weight excluding hydrogens is 276 g/mol. The Kier molecular flexibility index (Phi) is 5.30.